The molecule has 0 aromatic heterocycles. The zero-order valence-corrected chi connectivity index (χ0v) is 10.1. The Morgan fingerprint density at radius 2 is 1.78 bits per heavy atom. The second-order valence-electron chi connectivity index (χ2n) is 4.25. The smallest absolute Gasteiger partial charge is 0.193 e. The van der Waals surface area contributed by atoms with Crippen LogP contribution in [0.3, 0.4) is 0 Å². The third kappa shape index (κ3) is 2.63. The van der Waals surface area contributed by atoms with Crippen molar-refractivity contribution < 1.29 is 9.18 Å². The van der Waals surface area contributed by atoms with E-state index in [2.05, 4.69) is 0 Å². The summed E-state index contributed by atoms with van der Waals surface area (Å²) in [6.07, 6.45) is 0. The highest BCUT2D eigenvalue weighted by Gasteiger charge is 2.10. The van der Waals surface area contributed by atoms with Crippen molar-refractivity contribution >= 4 is 5.78 Å². The SMILES string of the molecule is CC(N)c1ccc(C(=O)c2cccc(F)c2)cc1. The van der Waals surface area contributed by atoms with Gasteiger partial charge in [-0.05, 0) is 24.6 Å². The molecule has 0 spiro atoms. The lowest BCUT2D eigenvalue weighted by Crippen LogP contribution is -2.06. The molecule has 0 radical (unpaired) electrons. The lowest BCUT2D eigenvalue weighted by molar-refractivity contribution is 0.103. The largest absolute Gasteiger partial charge is 0.324 e. The molecule has 0 aliphatic heterocycles. The molecule has 0 saturated carbocycles. The van der Waals surface area contributed by atoms with Gasteiger partial charge in [0.05, 0.1) is 0 Å². The summed E-state index contributed by atoms with van der Waals surface area (Å²) in [6.45, 7) is 1.88. The molecule has 0 aliphatic rings. The highest BCUT2D eigenvalue weighted by Crippen LogP contribution is 2.15. The molecule has 1 atom stereocenters. The Labute approximate surface area is 105 Å². The van der Waals surface area contributed by atoms with E-state index in [4.69, 9.17) is 5.73 Å². The normalized spacial score (nSPS) is 12.2. The first-order valence-corrected chi connectivity index (χ1v) is 5.74. The highest BCUT2D eigenvalue weighted by molar-refractivity contribution is 6.08. The summed E-state index contributed by atoms with van der Waals surface area (Å²) in [5, 5.41) is 0. The molecular weight excluding hydrogens is 229 g/mol. The minimum absolute atomic E-state index is 0.0664. The van der Waals surface area contributed by atoms with Crippen molar-refractivity contribution in [3.05, 3.63) is 71.0 Å². The van der Waals surface area contributed by atoms with Crippen molar-refractivity contribution in [2.75, 3.05) is 0 Å². The number of carbonyl (C=O) groups is 1. The second-order valence-corrected chi connectivity index (χ2v) is 4.25. The number of carbonyl (C=O) groups excluding carboxylic acids is 1. The van der Waals surface area contributed by atoms with Gasteiger partial charge in [-0.1, -0.05) is 36.4 Å². The van der Waals surface area contributed by atoms with Crippen molar-refractivity contribution in [1.29, 1.82) is 0 Å². The predicted octanol–water partition coefficient (Wildman–Crippen LogP) is 3.08. The van der Waals surface area contributed by atoms with Crippen LogP contribution in [0.1, 0.15) is 34.5 Å². The van der Waals surface area contributed by atoms with Gasteiger partial charge >= 0.3 is 0 Å². The summed E-state index contributed by atoms with van der Waals surface area (Å²) >= 11 is 0. The molecule has 0 saturated heterocycles. The topological polar surface area (TPSA) is 43.1 Å². The van der Waals surface area contributed by atoms with Gasteiger partial charge in [0.25, 0.3) is 0 Å². The molecule has 2 nitrogen and oxygen atoms in total. The van der Waals surface area contributed by atoms with E-state index in [0.29, 0.717) is 11.1 Å². The maximum absolute atomic E-state index is 13.0. The minimum Gasteiger partial charge on any atom is -0.324 e. The Kier molecular flexibility index (Phi) is 3.53. The first-order valence-electron chi connectivity index (χ1n) is 5.74. The molecular formula is C15H14FNO. The van der Waals surface area contributed by atoms with Crippen LogP contribution in [0.15, 0.2) is 48.5 Å². The third-order valence-corrected chi connectivity index (χ3v) is 2.79. The summed E-state index contributed by atoms with van der Waals surface area (Å²) in [4.78, 5) is 12.1. The number of hydrogen-bond donors (Lipinski definition) is 1. The van der Waals surface area contributed by atoms with Crippen LogP contribution in [0, 0.1) is 5.82 Å². The fourth-order valence-electron chi connectivity index (χ4n) is 1.73. The molecule has 0 bridgehead atoms. The Morgan fingerprint density at radius 1 is 1.11 bits per heavy atom. The zero-order valence-electron chi connectivity index (χ0n) is 10.1. The number of hydrogen-bond acceptors (Lipinski definition) is 2. The number of nitrogens with two attached hydrogens (primary N) is 1. The Balaban J connectivity index is 2.29. The van der Waals surface area contributed by atoms with Crippen molar-refractivity contribution in [2.45, 2.75) is 13.0 Å². The molecule has 92 valence electrons. The molecule has 2 aromatic carbocycles. The van der Waals surface area contributed by atoms with Crippen LogP contribution in [-0.4, -0.2) is 5.78 Å². The molecule has 3 heteroatoms. The number of rotatable bonds is 3. The first kappa shape index (κ1) is 12.5. The summed E-state index contributed by atoms with van der Waals surface area (Å²) < 4.78 is 13.0. The molecule has 2 rings (SSSR count). The summed E-state index contributed by atoms with van der Waals surface area (Å²) in [5.74, 6) is -0.598. The van der Waals surface area contributed by atoms with E-state index in [1.54, 1.807) is 18.2 Å². The molecule has 0 fully saturated rings. The number of ketones is 1. The average molecular weight is 243 g/mol. The fourth-order valence-corrected chi connectivity index (χ4v) is 1.73. The first-order chi connectivity index (χ1) is 8.58. The number of benzene rings is 2. The quantitative estimate of drug-likeness (QED) is 0.842. The maximum atomic E-state index is 13.0. The van der Waals surface area contributed by atoms with Crippen molar-refractivity contribution in [3.8, 4) is 0 Å². The lowest BCUT2D eigenvalue weighted by atomic mass is 10.0. The van der Waals surface area contributed by atoms with Gasteiger partial charge in [0, 0.05) is 17.2 Å². The van der Waals surface area contributed by atoms with E-state index in [-0.39, 0.29) is 11.8 Å². The summed E-state index contributed by atoms with van der Waals surface area (Å²) in [7, 11) is 0. The summed E-state index contributed by atoms with van der Waals surface area (Å²) in [5.41, 5.74) is 7.58. The van der Waals surface area contributed by atoms with Crippen LogP contribution >= 0.6 is 0 Å². The van der Waals surface area contributed by atoms with Crippen LogP contribution in [0.5, 0.6) is 0 Å². The van der Waals surface area contributed by atoms with Gasteiger partial charge in [0.2, 0.25) is 0 Å². The van der Waals surface area contributed by atoms with Gasteiger partial charge in [-0.2, -0.15) is 0 Å². The molecule has 2 aromatic rings. The van der Waals surface area contributed by atoms with Crippen molar-refractivity contribution in [3.63, 3.8) is 0 Å². The Morgan fingerprint density at radius 3 is 2.33 bits per heavy atom. The zero-order chi connectivity index (χ0) is 13.1. The lowest BCUT2D eigenvalue weighted by Gasteiger charge is -2.06. The standard InChI is InChI=1S/C15H14FNO/c1-10(17)11-5-7-12(8-6-11)15(18)13-3-2-4-14(16)9-13/h2-10H,17H2,1H3. The van der Waals surface area contributed by atoms with Gasteiger partial charge in [-0.25, -0.2) is 4.39 Å². The van der Waals surface area contributed by atoms with Crippen LogP contribution in [0.2, 0.25) is 0 Å². The average Bonchev–Trinajstić information content (AvgIpc) is 2.38. The minimum atomic E-state index is -0.409. The van der Waals surface area contributed by atoms with Gasteiger partial charge < -0.3 is 5.73 Å². The molecule has 18 heavy (non-hydrogen) atoms. The van der Waals surface area contributed by atoms with E-state index < -0.39 is 5.82 Å². The maximum Gasteiger partial charge on any atom is 0.193 e. The van der Waals surface area contributed by atoms with Crippen LogP contribution < -0.4 is 5.73 Å². The van der Waals surface area contributed by atoms with Gasteiger partial charge in [0.1, 0.15) is 5.82 Å². The Hall–Kier alpha value is -2.00. The van der Waals surface area contributed by atoms with Crippen molar-refractivity contribution in [1.82, 2.24) is 0 Å². The van der Waals surface area contributed by atoms with E-state index in [0.717, 1.165) is 5.56 Å². The summed E-state index contributed by atoms with van der Waals surface area (Å²) in [6, 6.07) is 12.7. The van der Waals surface area contributed by atoms with Crippen molar-refractivity contribution in [2.24, 2.45) is 5.73 Å². The Bertz CT molecular complexity index is 561. The van der Waals surface area contributed by atoms with Gasteiger partial charge in [0.15, 0.2) is 5.78 Å². The molecule has 0 aliphatic carbocycles. The van der Waals surface area contributed by atoms with E-state index in [1.165, 1.54) is 18.2 Å². The molecule has 0 heterocycles. The third-order valence-electron chi connectivity index (χ3n) is 2.79. The van der Waals surface area contributed by atoms with Crippen LogP contribution in [0.4, 0.5) is 4.39 Å². The fraction of sp³-hybridized carbons (Fsp3) is 0.133. The van der Waals surface area contributed by atoms with Gasteiger partial charge in [-0.15, -0.1) is 0 Å². The highest BCUT2D eigenvalue weighted by atomic mass is 19.1. The van der Waals surface area contributed by atoms with Crippen LogP contribution in [0.25, 0.3) is 0 Å². The van der Waals surface area contributed by atoms with Gasteiger partial charge in [-0.3, -0.25) is 4.79 Å². The number of halogens is 1. The molecule has 1 unspecified atom stereocenters. The van der Waals surface area contributed by atoms with E-state index in [1.807, 2.05) is 19.1 Å². The predicted molar refractivity (Wildman–Crippen MR) is 68.9 cm³/mol. The van der Waals surface area contributed by atoms with E-state index in [9.17, 15) is 9.18 Å². The van der Waals surface area contributed by atoms with Crippen LogP contribution in [-0.2, 0) is 0 Å². The van der Waals surface area contributed by atoms with E-state index >= 15 is 0 Å². The molecule has 2 N–H and O–H groups in total. The monoisotopic (exact) mass is 243 g/mol. The second kappa shape index (κ2) is 5.10. The molecule has 0 amide bonds.